The van der Waals surface area contributed by atoms with Crippen molar-refractivity contribution in [3.63, 3.8) is 0 Å². The van der Waals surface area contributed by atoms with E-state index < -0.39 is 0 Å². The molecule has 206 valence electrons. The van der Waals surface area contributed by atoms with Gasteiger partial charge in [-0.1, -0.05) is 102 Å². The Morgan fingerprint density at radius 3 is 2.17 bits per heavy atom. The van der Waals surface area contributed by atoms with Gasteiger partial charge < -0.3 is 4.42 Å². The highest BCUT2D eigenvalue weighted by molar-refractivity contribution is 5.78. The molecule has 4 aromatic carbocycles. The lowest BCUT2D eigenvalue weighted by molar-refractivity contribution is 0.315. The lowest BCUT2D eigenvalue weighted by atomic mass is 10.0. The van der Waals surface area contributed by atoms with E-state index in [0.29, 0.717) is 24.9 Å². The van der Waals surface area contributed by atoms with E-state index in [2.05, 4.69) is 58.8 Å². The summed E-state index contributed by atoms with van der Waals surface area (Å²) in [6.07, 6.45) is 4.27. The fraction of sp³-hybridized carbons (Fsp3) is 0.114. The largest absolute Gasteiger partial charge is 0.467 e. The topological polar surface area (TPSA) is 70.8 Å². The molecule has 1 atom stereocenters. The van der Waals surface area contributed by atoms with Crippen molar-refractivity contribution in [2.45, 2.75) is 25.6 Å². The predicted molar refractivity (Wildman–Crippen MR) is 164 cm³/mol. The van der Waals surface area contributed by atoms with E-state index in [9.17, 15) is 4.79 Å². The van der Waals surface area contributed by atoms with Crippen LogP contribution in [0.4, 0.5) is 0 Å². The fourth-order valence-electron chi connectivity index (χ4n) is 5.62. The van der Waals surface area contributed by atoms with Crippen molar-refractivity contribution in [3.8, 4) is 22.4 Å². The SMILES string of the molecule is O=c1c2ccccc2n(Cc2ccco2)n1[C@@H](Cc1ccccc1)Cn1cc(-c2ccc(-c3ccccc3)cc2)nn1. The van der Waals surface area contributed by atoms with E-state index in [1.165, 1.54) is 5.56 Å². The number of nitrogens with zero attached hydrogens (tertiary/aromatic N) is 5. The van der Waals surface area contributed by atoms with Gasteiger partial charge in [0, 0.05) is 5.56 Å². The van der Waals surface area contributed by atoms with Crippen LogP contribution in [0.3, 0.4) is 0 Å². The summed E-state index contributed by atoms with van der Waals surface area (Å²) in [4.78, 5) is 13.9. The molecule has 0 radical (unpaired) electrons. The lowest BCUT2D eigenvalue weighted by Gasteiger charge is -2.22. The molecule has 7 heteroatoms. The van der Waals surface area contributed by atoms with Crippen molar-refractivity contribution < 1.29 is 4.42 Å². The summed E-state index contributed by atoms with van der Waals surface area (Å²) >= 11 is 0. The number of hydrogen-bond acceptors (Lipinski definition) is 4. The van der Waals surface area contributed by atoms with Gasteiger partial charge in [0.2, 0.25) is 0 Å². The van der Waals surface area contributed by atoms with Gasteiger partial charge in [0.05, 0.1) is 42.5 Å². The highest BCUT2D eigenvalue weighted by Gasteiger charge is 2.23. The van der Waals surface area contributed by atoms with Gasteiger partial charge in [-0.25, -0.2) is 9.36 Å². The minimum absolute atomic E-state index is 0.0325. The zero-order chi connectivity index (χ0) is 28.3. The summed E-state index contributed by atoms with van der Waals surface area (Å²) in [5, 5.41) is 9.67. The summed E-state index contributed by atoms with van der Waals surface area (Å²) in [7, 11) is 0. The third kappa shape index (κ3) is 5.08. The van der Waals surface area contributed by atoms with Crippen LogP contribution in [0, 0.1) is 0 Å². The van der Waals surface area contributed by atoms with Crippen molar-refractivity contribution in [2.24, 2.45) is 0 Å². The van der Waals surface area contributed by atoms with Crippen LogP contribution >= 0.6 is 0 Å². The Labute approximate surface area is 242 Å². The highest BCUT2D eigenvalue weighted by atomic mass is 16.3. The molecule has 0 aliphatic rings. The summed E-state index contributed by atoms with van der Waals surface area (Å²) in [6.45, 7) is 0.912. The second-order valence-electron chi connectivity index (χ2n) is 10.4. The predicted octanol–water partition coefficient (Wildman–Crippen LogP) is 6.85. The number of furan rings is 1. The number of rotatable bonds is 9. The van der Waals surface area contributed by atoms with Gasteiger partial charge >= 0.3 is 0 Å². The number of fused-ring (bicyclic) bond motifs is 1. The Morgan fingerprint density at radius 1 is 0.714 bits per heavy atom. The zero-order valence-electron chi connectivity index (χ0n) is 23.0. The number of aromatic nitrogens is 5. The molecule has 0 amide bonds. The molecule has 7 aromatic rings. The number of hydrogen-bond donors (Lipinski definition) is 0. The van der Waals surface area contributed by atoms with E-state index in [-0.39, 0.29) is 11.6 Å². The first-order valence-corrected chi connectivity index (χ1v) is 14.1. The standard InChI is InChI=1S/C35H29N5O2/c41-35-32-15-7-8-16-34(32)39(24-31-14-9-21-42-31)40(35)30(22-26-10-3-1-4-11-26)23-38-25-33(36-37-38)29-19-17-28(18-20-29)27-12-5-2-6-13-27/h1-21,25,30H,22-24H2/t30-/m0/s1. The molecule has 0 spiro atoms. The zero-order valence-corrected chi connectivity index (χ0v) is 23.0. The van der Waals surface area contributed by atoms with E-state index in [1.54, 1.807) is 6.26 Å². The van der Waals surface area contributed by atoms with Crippen LogP contribution in [-0.2, 0) is 19.5 Å². The van der Waals surface area contributed by atoms with E-state index in [1.807, 2.05) is 93.0 Å². The van der Waals surface area contributed by atoms with Crippen molar-refractivity contribution in [1.29, 1.82) is 0 Å². The molecule has 3 aromatic heterocycles. The maximum absolute atomic E-state index is 13.9. The van der Waals surface area contributed by atoms with Gasteiger partial charge in [-0.3, -0.25) is 9.48 Å². The summed E-state index contributed by atoms with van der Waals surface area (Å²) in [6, 6.07) is 40.2. The van der Waals surface area contributed by atoms with E-state index in [0.717, 1.165) is 33.7 Å². The Morgan fingerprint density at radius 2 is 1.40 bits per heavy atom. The van der Waals surface area contributed by atoms with Gasteiger partial charge in [0.1, 0.15) is 11.5 Å². The quantitative estimate of drug-likeness (QED) is 0.197. The fourth-order valence-corrected chi connectivity index (χ4v) is 5.62. The van der Waals surface area contributed by atoms with Crippen molar-refractivity contribution >= 4 is 10.9 Å². The Hall–Kier alpha value is -5.43. The molecule has 0 saturated heterocycles. The highest BCUT2D eigenvalue weighted by Crippen LogP contribution is 2.25. The van der Waals surface area contributed by atoms with Crippen molar-refractivity contribution in [1.82, 2.24) is 24.4 Å². The minimum Gasteiger partial charge on any atom is -0.467 e. The molecule has 0 aliphatic heterocycles. The molecule has 0 saturated carbocycles. The number of para-hydroxylation sites is 1. The average molecular weight is 552 g/mol. The van der Waals surface area contributed by atoms with E-state index in [4.69, 9.17) is 4.42 Å². The number of benzene rings is 4. The van der Waals surface area contributed by atoms with Crippen LogP contribution in [0.2, 0.25) is 0 Å². The normalized spacial score (nSPS) is 12.1. The van der Waals surface area contributed by atoms with Crippen molar-refractivity contribution in [2.75, 3.05) is 0 Å². The Kier molecular flexibility index (Phi) is 6.82. The maximum Gasteiger partial charge on any atom is 0.274 e. The average Bonchev–Trinajstić information content (AvgIpc) is 3.79. The first-order valence-electron chi connectivity index (χ1n) is 14.1. The van der Waals surface area contributed by atoms with E-state index >= 15 is 0 Å². The molecular weight excluding hydrogens is 522 g/mol. The first-order chi connectivity index (χ1) is 20.7. The monoisotopic (exact) mass is 551 g/mol. The van der Waals surface area contributed by atoms with Gasteiger partial charge in [-0.2, -0.15) is 0 Å². The third-order valence-electron chi connectivity index (χ3n) is 7.65. The van der Waals surface area contributed by atoms with Crippen molar-refractivity contribution in [3.05, 3.63) is 155 Å². The molecule has 7 nitrogen and oxygen atoms in total. The second-order valence-corrected chi connectivity index (χ2v) is 10.4. The molecule has 7 rings (SSSR count). The minimum atomic E-state index is -0.225. The van der Waals surface area contributed by atoms with Gasteiger partial charge in [0.15, 0.2) is 0 Å². The van der Waals surface area contributed by atoms with Gasteiger partial charge in [-0.05, 0) is 47.4 Å². The third-order valence-corrected chi connectivity index (χ3v) is 7.65. The van der Waals surface area contributed by atoms with Crippen LogP contribution < -0.4 is 5.56 Å². The Bertz CT molecular complexity index is 1970. The van der Waals surface area contributed by atoms with Gasteiger partial charge in [-0.15, -0.1) is 5.10 Å². The molecule has 0 fully saturated rings. The molecule has 0 aliphatic carbocycles. The molecule has 0 N–H and O–H groups in total. The molecule has 0 bridgehead atoms. The molecule has 42 heavy (non-hydrogen) atoms. The van der Waals surface area contributed by atoms with Gasteiger partial charge in [0.25, 0.3) is 5.56 Å². The first kappa shape index (κ1) is 25.5. The molecular formula is C35H29N5O2. The van der Waals surface area contributed by atoms with Crippen LogP contribution in [0.25, 0.3) is 33.3 Å². The summed E-state index contributed by atoms with van der Waals surface area (Å²) in [5.74, 6) is 0.782. The van der Waals surface area contributed by atoms with Crippen LogP contribution in [-0.4, -0.2) is 24.4 Å². The smallest absolute Gasteiger partial charge is 0.274 e. The lowest BCUT2D eigenvalue weighted by Crippen LogP contribution is -2.32. The van der Waals surface area contributed by atoms with Crippen LogP contribution in [0.15, 0.2) is 143 Å². The second kappa shape index (κ2) is 11.2. The van der Waals surface area contributed by atoms with Crippen LogP contribution in [0.1, 0.15) is 17.4 Å². The van der Waals surface area contributed by atoms with Crippen LogP contribution in [0.5, 0.6) is 0 Å². The summed E-state index contributed by atoms with van der Waals surface area (Å²) < 4.78 is 11.4. The molecule has 0 unspecified atom stereocenters. The maximum atomic E-state index is 13.9. The summed E-state index contributed by atoms with van der Waals surface area (Å²) in [5.41, 5.74) is 6.08. The molecule has 3 heterocycles. The Balaban J connectivity index is 1.25.